The highest BCUT2D eigenvalue weighted by Crippen LogP contribution is 2.17. The second-order valence-corrected chi connectivity index (χ2v) is 6.51. The Morgan fingerprint density at radius 1 is 1.28 bits per heavy atom. The van der Waals surface area contributed by atoms with Crippen LogP contribution in [0.2, 0.25) is 0 Å². The molecule has 3 rings (SSSR count). The third-order valence-corrected chi connectivity index (χ3v) is 4.56. The average molecular weight is 267 g/mol. The third kappa shape index (κ3) is 2.10. The summed E-state index contributed by atoms with van der Waals surface area (Å²) < 4.78 is 22.7. The fourth-order valence-electron chi connectivity index (χ4n) is 1.90. The predicted octanol–water partition coefficient (Wildman–Crippen LogP) is 0.0346. The van der Waals surface area contributed by atoms with Gasteiger partial charge in [0.05, 0.1) is 17.2 Å². The summed E-state index contributed by atoms with van der Waals surface area (Å²) in [5, 5.41) is 6.96. The van der Waals surface area contributed by atoms with E-state index < -0.39 is 9.84 Å². The molecule has 1 aliphatic rings. The minimum absolute atomic E-state index is 0.166. The van der Waals surface area contributed by atoms with Crippen LogP contribution in [0.25, 0.3) is 11.5 Å². The van der Waals surface area contributed by atoms with Gasteiger partial charge in [0.15, 0.2) is 15.7 Å². The number of hydrogen-bond acceptors (Lipinski definition) is 5. The molecule has 1 aliphatic heterocycles. The Labute approximate surface area is 104 Å². The van der Waals surface area contributed by atoms with Gasteiger partial charge in [-0.25, -0.2) is 8.42 Å². The van der Waals surface area contributed by atoms with Crippen molar-refractivity contribution in [3.05, 3.63) is 18.3 Å². The second-order valence-electron chi connectivity index (χ2n) is 4.21. The highest BCUT2D eigenvalue weighted by atomic mass is 32.2. The van der Waals surface area contributed by atoms with Crippen molar-refractivity contribution in [2.24, 2.45) is 0 Å². The normalized spacial score (nSPS) is 19.0. The van der Waals surface area contributed by atoms with E-state index in [-0.39, 0.29) is 11.5 Å². The van der Waals surface area contributed by atoms with Gasteiger partial charge in [-0.05, 0) is 12.1 Å². The zero-order valence-electron chi connectivity index (χ0n) is 9.63. The molecule has 96 valence electrons. The van der Waals surface area contributed by atoms with Gasteiger partial charge in [0, 0.05) is 19.3 Å². The van der Waals surface area contributed by atoms with Gasteiger partial charge >= 0.3 is 0 Å². The highest BCUT2D eigenvalue weighted by molar-refractivity contribution is 7.91. The summed E-state index contributed by atoms with van der Waals surface area (Å²) in [5.41, 5.74) is 0.860. The molecule has 0 radical (unpaired) electrons. The fraction of sp³-hybridized carbons (Fsp3) is 0.400. The van der Waals surface area contributed by atoms with Crippen molar-refractivity contribution in [1.29, 1.82) is 0 Å². The molecule has 0 unspecified atom stereocenters. The largest absolute Gasteiger partial charge is 0.359 e. The lowest BCUT2D eigenvalue weighted by Crippen LogP contribution is -2.40. The first-order chi connectivity index (χ1) is 8.64. The SMILES string of the molecule is O=S1(=O)CCN(c2n[nH]c(-c3ccc[nH]3)n2)CC1. The van der Waals surface area contributed by atoms with Crippen molar-refractivity contribution in [3.63, 3.8) is 0 Å². The van der Waals surface area contributed by atoms with Crippen LogP contribution in [0, 0.1) is 0 Å². The van der Waals surface area contributed by atoms with E-state index in [9.17, 15) is 8.42 Å². The Morgan fingerprint density at radius 3 is 2.72 bits per heavy atom. The fourth-order valence-corrected chi connectivity index (χ4v) is 3.11. The van der Waals surface area contributed by atoms with Gasteiger partial charge in [-0.2, -0.15) is 4.98 Å². The van der Waals surface area contributed by atoms with E-state index in [0.29, 0.717) is 24.9 Å². The lowest BCUT2D eigenvalue weighted by atomic mass is 10.4. The van der Waals surface area contributed by atoms with Crippen LogP contribution in [-0.4, -0.2) is 53.2 Å². The Morgan fingerprint density at radius 2 is 2.06 bits per heavy atom. The van der Waals surface area contributed by atoms with Gasteiger partial charge in [0.1, 0.15) is 0 Å². The Hall–Kier alpha value is -1.83. The second kappa shape index (κ2) is 4.13. The molecule has 1 saturated heterocycles. The van der Waals surface area contributed by atoms with E-state index in [2.05, 4.69) is 20.2 Å². The van der Waals surface area contributed by atoms with E-state index in [0.717, 1.165) is 5.69 Å². The maximum Gasteiger partial charge on any atom is 0.245 e. The number of hydrogen-bond donors (Lipinski definition) is 2. The summed E-state index contributed by atoms with van der Waals surface area (Å²) >= 11 is 0. The molecule has 0 saturated carbocycles. The van der Waals surface area contributed by atoms with Crippen molar-refractivity contribution >= 4 is 15.8 Å². The maximum absolute atomic E-state index is 11.3. The summed E-state index contributed by atoms with van der Waals surface area (Å²) in [6.45, 7) is 0.898. The lowest BCUT2D eigenvalue weighted by molar-refractivity contribution is 0.585. The molecule has 0 spiro atoms. The molecule has 1 fully saturated rings. The van der Waals surface area contributed by atoms with E-state index in [1.807, 2.05) is 23.2 Å². The van der Waals surface area contributed by atoms with Crippen molar-refractivity contribution in [2.45, 2.75) is 0 Å². The smallest absolute Gasteiger partial charge is 0.245 e. The molecule has 3 heterocycles. The minimum atomic E-state index is -2.87. The van der Waals surface area contributed by atoms with Crippen LogP contribution < -0.4 is 4.90 Å². The van der Waals surface area contributed by atoms with Crippen LogP contribution in [0.15, 0.2) is 18.3 Å². The summed E-state index contributed by atoms with van der Waals surface area (Å²) in [7, 11) is -2.87. The highest BCUT2D eigenvalue weighted by Gasteiger charge is 2.24. The molecule has 7 nitrogen and oxygen atoms in total. The zero-order chi connectivity index (χ0) is 12.6. The molecule has 0 amide bonds. The Balaban J connectivity index is 1.78. The van der Waals surface area contributed by atoms with Crippen LogP contribution in [0.5, 0.6) is 0 Å². The molecule has 0 bridgehead atoms. The first-order valence-corrected chi connectivity index (χ1v) is 7.48. The van der Waals surface area contributed by atoms with Crippen LogP contribution in [0.1, 0.15) is 0 Å². The number of sulfone groups is 1. The zero-order valence-corrected chi connectivity index (χ0v) is 10.4. The Bertz CT molecular complexity index is 617. The Kier molecular flexibility index (Phi) is 2.58. The molecule has 2 aromatic heterocycles. The average Bonchev–Trinajstić information content (AvgIpc) is 2.99. The van der Waals surface area contributed by atoms with Crippen LogP contribution in [0.3, 0.4) is 0 Å². The van der Waals surface area contributed by atoms with Crippen molar-refractivity contribution in [3.8, 4) is 11.5 Å². The van der Waals surface area contributed by atoms with Crippen molar-refractivity contribution < 1.29 is 8.42 Å². The van der Waals surface area contributed by atoms with Crippen LogP contribution in [-0.2, 0) is 9.84 Å². The first-order valence-electron chi connectivity index (χ1n) is 5.66. The van der Waals surface area contributed by atoms with Crippen molar-refractivity contribution in [1.82, 2.24) is 20.2 Å². The van der Waals surface area contributed by atoms with Crippen LogP contribution >= 0.6 is 0 Å². The molecule has 18 heavy (non-hydrogen) atoms. The van der Waals surface area contributed by atoms with Gasteiger partial charge < -0.3 is 9.88 Å². The molecule has 0 atom stereocenters. The maximum atomic E-state index is 11.3. The van der Waals surface area contributed by atoms with Gasteiger partial charge in [-0.1, -0.05) is 0 Å². The molecular weight excluding hydrogens is 254 g/mol. The topological polar surface area (TPSA) is 94.7 Å². The molecule has 0 aromatic carbocycles. The summed E-state index contributed by atoms with van der Waals surface area (Å²) in [6, 6.07) is 3.77. The number of rotatable bonds is 2. The van der Waals surface area contributed by atoms with E-state index in [1.54, 1.807) is 0 Å². The molecule has 0 aliphatic carbocycles. The minimum Gasteiger partial charge on any atom is -0.359 e. The quantitative estimate of drug-likeness (QED) is 0.800. The number of nitrogens with one attached hydrogen (secondary N) is 2. The summed E-state index contributed by atoms with van der Waals surface area (Å²) in [4.78, 5) is 9.27. The lowest BCUT2D eigenvalue weighted by Gasteiger charge is -2.25. The van der Waals surface area contributed by atoms with Gasteiger partial charge in [0.2, 0.25) is 5.95 Å². The summed E-state index contributed by atoms with van der Waals surface area (Å²) in [6.07, 6.45) is 1.81. The number of aromatic nitrogens is 4. The number of H-pyrrole nitrogens is 2. The molecule has 2 N–H and O–H groups in total. The molecular formula is C10H13N5O2S. The standard InChI is InChI=1S/C10H13N5O2S/c16-18(17)6-4-15(5-7-18)10-12-9(13-14-10)8-2-1-3-11-8/h1-3,11H,4-7H2,(H,12,13,14). The summed E-state index contributed by atoms with van der Waals surface area (Å²) in [5.74, 6) is 1.54. The monoisotopic (exact) mass is 267 g/mol. The van der Waals surface area contributed by atoms with E-state index in [1.165, 1.54) is 0 Å². The van der Waals surface area contributed by atoms with Gasteiger partial charge in [0.25, 0.3) is 0 Å². The number of nitrogens with zero attached hydrogens (tertiary/aromatic N) is 3. The first kappa shape index (κ1) is 11.3. The predicted molar refractivity (Wildman–Crippen MR) is 67.0 cm³/mol. The molecule has 2 aromatic rings. The number of anilines is 1. The number of aromatic amines is 2. The van der Waals surface area contributed by atoms with E-state index >= 15 is 0 Å². The van der Waals surface area contributed by atoms with Gasteiger partial charge in [-0.15, -0.1) is 5.10 Å². The van der Waals surface area contributed by atoms with Gasteiger partial charge in [-0.3, -0.25) is 5.10 Å². The van der Waals surface area contributed by atoms with E-state index in [4.69, 9.17) is 0 Å². The van der Waals surface area contributed by atoms with Crippen LogP contribution in [0.4, 0.5) is 5.95 Å². The third-order valence-electron chi connectivity index (χ3n) is 2.95. The molecule has 8 heteroatoms. The van der Waals surface area contributed by atoms with Crippen molar-refractivity contribution in [2.75, 3.05) is 29.5 Å².